The first-order valence-corrected chi connectivity index (χ1v) is 10.3. The number of aromatic nitrogens is 1. The highest BCUT2D eigenvalue weighted by atomic mass is 35.5. The molecule has 0 fully saturated rings. The molecule has 0 aliphatic heterocycles. The average molecular weight is 421 g/mol. The third-order valence-electron chi connectivity index (χ3n) is 3.90. The number of pyridine rings is 1. The van der Waals surface area contributed by atoms with E-state index in [0.717, 1.165) is 12.0 Å². The van der Waals surface area contributed by atoms with Crippen LogP contribution in [0.4, 0.5) is 17.2 Å². The molecule has 7 heteroatoms. The quantitative estimate of drug-likeness (QED) is 0.289. The lowest BCUT2D eigenvalue weighted by Crippen LogP contribution is -2.36. The first-order valence-electron chi connectivity index (χ1n) is 9.88. The molecule has 2 aromatic rings. The van der Waals surface area contributed by atoms with E-state index in [2.05, 4.69) is 36.4 Å². The molecule has 0 spiro atoms. The Morgan fingerprint density at radius 2 is 1.69 bits per heavy atom. The van der Waals surface area contributed by atoms with Crippen LogP contribution >= 0.6 is 11.6 Å². The highest BCUT2D eigenvalue weighted by Gasteiger charge is 2.30. The van der Waals surface area contributed by atoms with Crippen molar-refractivity contribution in [1.29, 1.82) is 0 Å². The van der Waals surface area contributed by atoms with E-state index in [-0.39, 0.29) is 22.1 Å². The van der Waals surface area contributed by atoms with Gasteiger partial charge in [0.05, 0.1) is 4.92 Å². The number of nitro groups is 1. The van der Waals surface area contributed by atoms with Crippen LogP contribution in [0.5, 0.6) is 0 Å². The van der Waals surface area contributed by atoms with E-state index >= 15 is 0 Å². The Labute approximate surface area is 179 Å². The summed E-state index contributed by atoms with van der Waals surface area (Å²) in [4.78, 5) is 15.6. The summed E-state index contributed by atoms with van der Waals surface area (Å²) in [7, 11) is 0. The first kappa shape index (κ1) is 24.7. The highest BCUT2D eigenvalue weighted by molar-refractivity contribution is 6.30. The molecular weight excluding hydrogens is 388 g/mol. The second-order valence-corrected chi connectivity index (χ2v) is 8.92. The number of nitrogens with one attached hydrogen (secondary N) is 2. The van der Waals surface area contributed by atoms with Gasteiger partial charge in [0.1, 0.15) is 10.8 Å². The Balaban J connectivity index is 0.00000204. The SMILES string of the molecule is CC.CC(C)(C)CC(C)(C)Nc1nc(Cl)cc(NCc2ccccc2)c1[N+](=O)[O-]. The fourth-order valence-corrected chi connectivity index (χ4v) is 3.59. The van der Waals surface area contributed by atoms with Gasteiger partial charge in [-0.05, 0) is 31.2 Å². The summed E-state index contributed by atoms with van der Waals surface area (Å²) in [5, 5.41) is 18.3. The summed E-state index contributed by atoms with van der Waals surface area (Å²) in [6, 6.07) is 11.2. The maximum absolute atomic E-state index is 11.8. The minimum Gasteiger partial charge on any atom is -0.375 e. The average Bonchev–Trinajstić information content (AvgIpc) is 2.59. The van der Waals surface area contributed by atoms with Gasteiger partial charge < -0.3 is 10.6 Å². The molecule has 1 heterocycles. The van der Waals surface area contributed by atoms with E-state index in [9.17, 15) is 10.1 Å². The standard InChI is InChI=1S/C20H27ClN4O2.C2H6/c1-19(2,3)13-20(4,5)24-18-17(25(26)27)15(11-16(21)23-18)22-12-14-9-7-6-8-10-14;1-2/h6-11H,12-13H2,1-5H3,(H2,22,23,24);1-2H3. The molecule has 0 aliphatic carbocycles. The molecule has 160 valence electrons. The van der Waals surface area contributed by atoms with Crippen LogP contribution in [-0.4, -0.2) is 15.4 Å². The maximum atomic E-state index is 11.8. The number of hydrogen-bond acceptors (Lipinski definition) is 5. The smallest absolute Gasteiger partial charge is 0.334 e. The Hall–Kier alpha value is -2.34. The van der Waals surface area contributed by atoms with Crippen LogP contribution in [0, 0.1) is 15.5 Å². The van der Waals surface area contributed by atoms with Gasteiger partial charge in [0, 0.05) is 18.2 Å². The van der Waals surface area contributed by atoms with Gasteiger partial charge in [0.15, 0.2) is 0 Å². The summed E-state index contributed by atoms with van der Waals surface area (Å²) < 4.78 is 0. The molecule has 1 aromatic carbocycles. The minimum absolute atomic E-state index is 0.0538. The molecule has 0 atom stereocenters. The van der Waals surface area contributed by atoms with Gasteiger partial charge in [-0.3, -0.25) is 10.1 Å². The summed E-state index contributed by atoms with van der Waals surface area (Å²) in [5.41, 5.74) is 0.924. The summed E-state index contributed by atoms with van der Waals surface area (Å²) in [6.45, 7) is 14.8. The molecule has 0 amide bonds. The normalized spacial score (nSPS) is 11.3. The number of anilines is 2. The zero-order valence-electron chi connectivity index (χ0n) is 18.5. The lowest BCUT2D eigenvalue weighted by molar-refractivity contribution is -0.383. The highest BCUT2D eigenvalue weighted by Crippen LogP contribution is 2.37. The molecule has 0 aliphatic rings. The molecule has 0 saturated carbocycles. The van der Waals surface area contributed by atoms with E-state index in [1.165, 1.54) is 6.07 Å². The van der Waals surface area contributed by atoms with E-state index in [1.54, 1.807) is 0 Å². The van der Waals surface area contributed by atoms with Gasteiger partial charge in [-0.25, -0.2) is 4.98 Å². The van der Waals surface area contributed by atoms with Crippen molar-refractivity contribution in [3.63, 3.8) is 0 Å². The van der Waals surface area contributed by atoms with Gasteiger partial charge in [-0.15, -0.1) is 0 Å². The predicted octanol–water partition coefficient (Wildman–Crippen LogP) is 6.91. The van der Waals surface area contributed by atoms with Crippen molar-refractivity contribution in [1.82, 2.24) is 4.98 Å². The Bertz CT molecular complexity index is 802. The van der Waals surface area contributed by atoms with Gasteiger partial charge in [0.2, 0.25) is 5.82 Å². The second kappa shape index (κ2) is 10.4. The maximum Gasteiger partial charge on any atom is 0.334 e. The molecule has 2 rings (SSSR count). The zero-order chi connectivity index (χ0) is 22.2. The van der Waals surface area contributed by atoms with Crippen LogP contribution in [0.2, 0.25) is 5.15 Å². The van der Waals surface area contributed by atoms with Crippen LogP contribution in [0.25, 0.3) is 0 Å². The molecule has 0 saturated heterocycles. The summed E-state index contributed by atoms with van der Waals surface area (Å²) >= 11 is 6.16. The Morgan fingerprint density at radius 1 is 1.10 bits per heavy atom. The third-order valence-corrected chi connectivity index (χ3v) is 4.09. The predicted molar refractivity (Wildman–Crippen MR) is 123 cm³/mol. The van der Waals surface area contributed by atoms with Crippen LogP contribution < -0.4 is 10.6 Å². The number of nitrogens with zero attached hydrogens (tertiary/aromatic N) is 2. The van der Waals surface area contributed by atoms with Crippen molar-refractivity contribution < 1.29 is 4.92 Å². The van der Waals surface area contributed by atoms with Gasteiger partial charge in [0.25, 0.3) is 0 Å². The lowest BCUT2D eigenvalue weighted by Gasteiger charge is -2.33. The fourth-order valence-electron chi connectivity index (χ4n) is 3.40. The molecule has 29 heavy (non-hydrogen) atoms. The number of benzene rings is 1. The summed E-state index contributed by atoms with van der Waals surface area (Å²) in [6.07, 6.45) is 0.804. The van der Waals surface area contributed by atoms with Gasteiger partial charge in [-0.2, -0.15) is 0 Å². The Morgan fingerprint density at radius 3 is 2.21 bits per heavy atom. The van der Waals surface area contributed by atoms with E-state index in [0.29, 0.717) is 12.2 Å². The van der Waals surface area contributed by atoms with Crippen molar-refractivity contribution >= 4 is 28.8 Å². The Kier molecular flexibility index (Phi) is 8.89. The van der Waals surface area contributed by atoms with Crippen molar-refractivity contribution in [2.24, 2.45) is 5.41 Å². The van der Waals surface area contributed by atoms with E-state index < -0.39 is 10.5 Å². The topological polar surface area (TPSA) is 80.1 Å². The molecule has 2 N–H and O–H groups in total. The first-order chi connectivity index (χ1) is 13.5. The van der Waals surface area contributed by atoms with E-state index in [4.69, 9.17) is 11.6 Å². The van der Waals surface area contributed by atoms with Crippen LogP contribution in [0.15, 0.2) is 36.4 Å². The largest absolute Gasteiger partial charge is 0.375 e. The molecule has 0 bridgehead atoms. The van der Waals surface area contributed by atoms with Gasteiger partial charge >= 0.3 is 5.69 Å². The van der Waals surface area contributed by atoms with Crippen molar-refractivity contribution in [2.45, 2.75) is 67.0 Å². The fraction of sp³-hybridized carbons (Fsp3) is 0.500. The lowest BCUT2D eigenvalue weighted by atomic mass is 9.82. The summed E-state index contributed by atoms with van der Waals surface area (Å²) in [5.74, 6) is 0.178. The zero-order valence-corrected chi connectivity index (χ0v) is 19.2. The molecular formula is C22H33ClN4O2. The van der Waals surface area contributed by atoms with Crippen molar-refractivity contribution in [2.75, 3.05) is 10.6 Å². The molecule has 1 aromatic heterocycles. The number of rotatable bonds is 7. The van der Waals surface area contributed by atoms with Gasteiger partial charge in [-0.1, -0.05) is 76.6 Å². The van der Waals surface area contributed by atoms with Crippen LogP contribution in [-0.2, 0) is 6.54 Å². The van der Waals surface area contributed by atoms with Crippen molar-refractivity contribution in [3.05, 3.63) is 57.2 Å². The van der Waals surface area contributed by atoms with Crippen LogP contribution in [0.3, 0.4) is 0 Å². The minimum atomic E-state index is -0.424. The molecule has 6 nitrogen and oxygen atoms in total. The monoisotopic (exact) mass is 420 g/mol. The number of hydrogen-bond donors (Lipinski definition) is 2. The molecule has 0 radical (unpaired) electrons. The van der Waals surface area contributed by atoms with Crippen molar-refractivity contribution in [3.8, 4) is 0 Å². The van der Waals surface area contributed by atoms with E-state index in [1.807, 2.05) is 58.0 Å². The third kappa shape index (κ3) is 8.28. The second-order valence-electron chi connectivity index (χ2n) is 8.53. The van der Waals surface area contributed by atoms with Crippen LogP contribution in [0.1, 0.15) is 60.5 Å². The molecule has 0 unspecified atom stereocenters. The number of halogens is 1.